The number of carbonyl (C=O) groups is 2. The van der Waals surface area contributed by atoms with Gasteiger partial charge >= 0.3 is 11.9 Å². The molecule has 3 aromatic rings. The molecular weight excluding hydrogens is 414 g/mol. The van der Waals surface area contributed by atoms with Crippen molar-refractivity contribution in [3.8, 4) is 0 Å². The van der Waals surface area contributed by atoms with Gasteiger partial charge < -0.3 is 9.47 Å². The van der Waals surface area contributed by atoms with E-state index in [-0.39, 0.29) is 6.61 Å². The average Bonchev–Trinajstić information content (AvgIpc) is 2.86. The number of nitrogens with zero attached hydrogens (tertiary/aromatic N) is 1. The van der Waals surface area contributed by atoms with E-state index in [4.69, 9.17) is 14.5 Å². The summed E-state index contributed by atoms with van der Waals surface area (Å²) in [5.41, 5.74) is -0.343. The molecule has 3 rings (SSSR count). The molecule has 170 valence electrons. The number of benzene rings is 3. The highest BCUT2D eigenvalue weighted by Crippen LogP contribution is 2.46. The molecule has 0 aliphatic heterocycles. The van der Waals surface area contributed by atoms with Crippen molar-refractivity contribution >= 4 is 17.7 Å². The quantitative estimate of drug-likeness (QED) is 0.355. The molecule has 0 aromatic heterocycles. The Bertz CT molecular complexity index is 1070. The first-order valence-corrected chi connectivity index (χ1v) is 10.9. The lowest BCUT2D eigenvalue weighted by Gasteiger charge is -2.40. The van der Waals surface area contributed by atoms with Gasteiger partial charge in [-0.15, -0.1) is 0 Å². The Hall–Kier alpha value is -3.73. The lowest BCUT2D eigenvalue weighted by Crippen LogP contribution is -2.53. The van der Waals surface area contributed by atoms with Crippen LogP contribution in [0, 0.1) is 5.41 Å². The van der Waals surface area contributed by atoms with Crippen LogP contribution in [0.1, 0.15) is 37.5 Å². The van der Waals surface area contributed by atoms with Gasteiger partial charge in [0.2, 0.25) is 0 Å². The highest BCUT2D eigenvalue weighted by molar-refractivity contribution is 6.14. The van der Waals surface area contributed by atoms with E-state index in [1.165, 1.54) is 7.11 Å². The molecule has 0 N–H and O–H groups in total. The summed E-state index contributed by atoms with van der Waals surface area (Å²) < 4.78 is 10.7. The van der Waals surface area contributed by atoms with Crippen molar-refractivity contribution in [2.45, 2.75) is 26.3 Å². The number of methoxy groups -OCH3 is 1. The summed E-state index contributed by atoms with van der Waals surface area (Å²) in [4.78, 5) is 32.0. The van der Waals surface area contributed by atoms with Gasteiger partial charge in [-0.1, -0.05) is 91.0 Å². The van der Waals surface area contributed by atoms with Gasteiger partial charge in [0.15, 0.2) is 5.54 Å². The van der Waals surface area contributed by atoms with E-state index in [1.54, 1.807) is 32.9 Å². The zero-order valence-electron chi connectivity index (χ0n) is 19.4. The number of carbonyl (C=O) groups excluding carboxylic acids is 2. The Balaban J connectivity index is 2.44. The maximum Gasteiger partial charge on any atom is 0.339 e. The second-order valence-electron chi connectivity index (χ2n) is 8.11. The first kappa shape index (κ1) is 23.9. The van der Waals surface area contributed by atoms with Gasteiger partial charge in [0, 0.05) is 11.1 Å². The average molecular weight is 444 g/mol. The molecule has 0 amide bonds. The Labute approximate surface area is 195 Å². The van der Waals surface area contributed by atoms with Gasteiger partial charge in [0.1, 0.15) is 5.41 Å². The van der Waals surface area contributed by atoms with Gasteiger partial charge in [0.05, 0.1) is 19.4 Å². The first-order chi connectivity index (χ1) is 15.9. The predicted octanol–water partition coefficient (Wildman–Crippen LogP) is 5.18. The van der Waals surface area contributed by atoms with Crippen LogP contribution >= 0.6 is 0 Å². The predicted molar refractivity (Wildman–Crippen MR) is 129 cm³/mol. The Morgan fingerprint density at radius 1 is 0.758 bits per heavy atom. The van der Waals surface area contributed by atoms with Crippen LogP contribution < -0.4 is 0 Å². The normalized spacial score (nSPS) is 12.8. The number of rotatable bonds is 8. The van der Waals surface area contributed by atoms with Gasteiger partial charge in [-0.2, -0.15) is 0 Å². The molecule has 1 atom stereocenters. The summed E-state index contributed by atoms with van der Waals surface area (Å²) in [6.45, 7) is 5.26. The van der Waals surface area contributed by atoms with Gasteiger partial charge in [0.25, 0.3) is 0 Å². The fourth-order valence-electron chi connectivity index (χ4n) is 3.93. The zero-order chi connectivity index (χ0) is 23.9. The van der Waals surface area contributed by atoms with Crippen LogP contribution in [0.2, 0.25) is 0 Å². The molecule has 33 heavy (non-hydrogen) atoms. The molecule has 0 heterocycles. The second kappa shape index (κ2) is 10.3. The Morgan fingerprint density at radius 2 is 1.21 bits per heavy atom. The van der Waals surface area contributed by atoms with E-state index in [9.17, 15) is 9.59 Å². The maximum atomic E-state index is 13.7. The summed E-state index contributed by atoms with van der Waals surface area (Å²) in [6, 6.07) is 28.2. The van der Waals surface area contributed by atoms with E-state index in [0.717, 1.165) is 11.1 Å². The molecule has 0 spiro atoms. The van der Waals surface area contributed by atoms with Crippen molar-refractivity contribution in [3.05, 3.63) is 108 Å². The third kappa shape index (κ3) is 4.58. The van der Waals surface area contributed by atoms with E-state index >= 15 is 0 Å². The summed E-state index contributed by atoms with van der Waals surface area (Å²) in [5.74, 6) is -1.18. The van der Waals surface area contributed by atoms with Crippen LogP contribution in [0.4, 0.5) is 0 Å². The van der Waals surface area contributed by atoms with Crippen LogP contribution in [0.3, 0.4) is 0 Å². The molecular formula is C28H29NO4. The first-order valence-electron chi connectivity index (χ1n) is 10.9. The van der Waals surface area contributed by atoms with Crippen LogP contribution in [0.25, 0.3) is 0 Å². The van der Waals surface area contributed by atoms with Crippen molar-refractivity contribution in [3.63, 3.8) is 0 Å². The minimum absolute atomic E-state index is 0.183. The highest BCUT2D eigenvalue weighted by atomic mass is 16.5. The third-order valence-corrected chi connectivity index (χ3v) is 5.74. The standard InChI is InChI=1S/C28H29NO4/c1-5-33-25(30)27(2,3)28(26(31)32-4,23-19-13-8-14-20-23)29-24(21-15-9-6-10-16-21)22-17-11-7-12-18-22/h6-20H,5H2,1-4H3/t28-/m1/s1. The number of hydrogen-bond donors (Lipinski definition) is 0. The van der Waals surface area contributed by atoms with Crippen molar-refractivity contribution in [2.24, 2.45) is 10.4 Å². The minimum atomic E-state index is -1.70. The third-order valence-electron chi connectivity index (χ3n) is 5.74. The molecule has 3 aromatic carbocycles. The monoisotopic (exact) mass is 443 g/mol. The molecule has 0 saturated heterocycles. The van der Waals surface area contributed by atoms with Crippen LogP contribution in [0.15, 0.2) is 96.0 Å². The van der Waals surface area contributed by atoms with Crippen molar-refractivity contribution in [2.75, 3.05) is 13.7 Å². The lowest BCUT2D eigenvalue weighted by atomic mass is 9.68. The van der Waals surface area contributed by atoms with E-state index < -0.39 is 22.9 Å². The summed E-state index contributed by atoms with van der Waals surface area (Å²) in [5, 5.41) is 0. The Morgan fingerprint density at radius 3 is 1.64 bits per heavy atom. The molecule has 0 bridgehead atoms. The van der Waals surface area contributed by atoms with Crippen LogP contribution in [-0.2, 0) is 24.6 Å². The fourth-order valence-corrected chi connectivity index (χ4v) is 3.93. The zero-order valence-corrected chi connectivity index (χ0v) is 19.4. The number of hydrogen-bond acceptors (Lipinski definition) is 5. The van der Waals surface area contributed by atoms with Crippen molar-refractivity contribution in [1.29, 1.82) is 0 Å². The van der Waals surface area contributed by atoms with E-state index in [0.29, 0.717) is 11.3 Å². The second-order valence-corrected chi connectivity index (χ2v) is 8.11. The number of ether oxygens (including phenoxy) is 2. The maximum absolute atomic E-state index is 13.7. The van der Waals surface area contributed by atoms with Crippen LogP contribution in [-0.4, -0.2) is 31.4 Å². The molecule has 5 heteroatoms. The summed E-state index contributed by atoms with van der Waals surface area (Å²) in [7, 11) is 1.31. The molecule has 0 unspecified atom stereocenters. The van der Waals surface area contributed by atoms with Gasteiger partial charge in [-0.05, 0) is 26.3 Å². The Kier molecular flexibility index (Phi) is 7.44. The molecule has 0 radical (unpaired) electrons. The van der Waals surface area contributed by atoms with Crippen molar-refractivity contribution in [1.82, 2.24) is 0 Å². The van der Waals surface area contributed by atoms with E-state index in [2.05, 4.69) is 0 Å². The fraction of sp³-hybridized carbons (Fsp3) is 0.250. The molecule has 5 nitrogen and oxygen atoms in total. The largest absolute Gasteiger partial charge is 0.467 e. The molecule has 0 fully saturated rings. The minimum Gasteiger partial charge on any atom is -0.467 e. The smallest absolute Gasteiger partial charge is 0.339 e. The molecule has 0 saturated carbocycles. The molecule has 0 aliphatic carbocycles. The van der Waals surface area contributed by atoms with Gasteiger partial charge in [-0.3, -0.25) is 9.79 Å². The molecule has 0 aliphatic rings. The SMILES string of the molecule is CCOC(=O)C(C)(C)[C@](N=C(c1ccccc1)c1ccccc1)(C(=O)OC)c1ccccc1. The highest BCUT2D eigenvalue weighted by Gasteiger charge is 2.59. The van der Waals surface area contributed by atoms with Gasteiger partial charge in [-0.25, -0.2) is 4.79 Å². The van der Waals surface area contributed by atoms with Crippen molar-refractivity contribution < 1.29 is 19.1 Å². The topological polar surface area (TPSA) is 65.0 Å². The number of esters is 2. The summed E-state index contributed by atoms with van der Waals surface area (Å²) >= 11 is 0. The summed E-state index contributed by atoms with van der Waals surface area (Å²) in [6.07, 6.45) is 0. The lowest BCUT2D eigenvalue weighted by molar-refractivity contribution is -0.168. The van der Waals surface area contributed by atoms with E-state index in [1.807, 2.05) is 78.9 Å². The number of aliphatic imine (C=N–C) groups is 1. The van der Waals surface area contributed by atoms with Crippen LogP contribution in [0.5, 0.6) is 0 Å².